The van der Waals surface area contributed by atoms with Crippen LogP contribution in [0.2, 0.25) is 0 Å². The molecule has 0 radical (unpaired) electrons. The molecule has 0 spiro atoms. The summed E-state index contributed by atoms with van der Waals surface area (Å²) < 4.78 is 19.8. The average Bonchev–Trinajstić information content (AvgIpc) is 2.44. The smallest absolute Gasteiger partial charge is 0.129 e. The molecule has 0 saturated carbocycles. The van der Waals surface area contributed by atoms with Gasteiger partial charge in [0.2, 0.25) is 0 Å². The zero-order valence-corrected chi connectivity index (χ0v) is 12.9. The van der Waals surface area contributed by atoms with E-state index in [4.69, 9.17) is 10.5 Å². The molecule has 0 aliphatic carbocycles. The van der Waals surface area contributed by atoms with Crippen molar-refractivity contribution in [1.82, 2.24) is 0 Å². The van der Waals surface area contributed by atoms with Crippen LogP contribution in [-0.4, -0.2) is 12.6 Å². The van der Waals surface area contributed by atoms with Gasteiger partial charge in [-0.15, -0.1) is 0 Å². The highest BCUT2D eigenvalue weighted by Gasteiger charge is 2.21. The monoisotopic (exact) mass is 281 g/mol. The van der Waals surface area contributed by atoms with E-state index in [-0.39, 0.29) is 18.0 Å². The van der Waals surface area contributed by atoms with Gasteiger partial charge in [0.1, 0.15) is 11.9 Å². The van der Waals surface area contributed by atoms with Crippen LogP contribution in [0.4, 0.5) is 4.39 Å². The van der Waals surface area contributed by atoms with Crippen molar-refractivity contribution in [3.8, 4) is 0 Å². The average molecular weight is 281 g/mol. The highest BCUT2D eigenvalue weighted by Crippen LogP contribution is 2.25. The van der Waals surface area contributed by atoms with Crippen LogP contribution in [0.3, 0.4) is 0 Å². The number of hydrogen-bond acceptors (Lipinski definition) is 2. The Kier molecular flexibility index (Phi) is 7.78. The van der Waals surface area contributed by atoms with Crippen molar-refractivity contribution >= 4 is 0 Å². The maximum atomic E-state index is 13.9. The standard InChI is InChI=1S/C17H28FNO/c1-4-6-9-14(5-2)12-20-17(13(3)19)15-10-7-8-11-16(15)18/h7-8,10-11,13-14,17H,4-6,9,12,19H2,1-3H3. The number of hydrogen-bond donors (Lipinski definition) is 1. The van der Waals surface area contributed by atoms with Gasteiger partial charge in [0.15, 0.2) is 0 Å². The van der Waals surface area contributed by atoms with Gasteiger partial charge in [0, 0.05) is 11.6 Å². The van der Waals surface area contributed by atoms with Crippen LogP contribution in [0.1, 0.15) is 58.1 Å². The fourth-order valence-electron chi connectivity index (χ4n) is 2.37. The minimum atomic E-state index is -0.369. The van der Waals surface area contributed by atoms with Gasteiger partial charge in [-0.2, -0.15) is 0 Å². The van der Waals surface area contributed by atoms with E-state index in [1.54, 1.807) is 12.1 Å². The van der Waals surface area contributed by atoms with Crippen molar-refractivity contribution < 1.29 is 9.13 Å². The van der Waals surface area contributed by atoms with E-state index in [2.05, 4.69) is 13.8 Å². The Hall–Kier alpha value is -0.930. The molecule has 0 fully saturated rings. The molecule has 0 aliphatic rings. The number of ether oxygens (including phenoxy) is 1. The molecule has 0 bridgehead atoms. The van der Waals surface area contributed by atoms with Gasteiger partial charge in [-0.1, -0.05) is 51.3 Å². The van der Waals surface area contributed by atoms with Crippen LogP contribution in [0.25, 0.3) is 0 Å². The number of nitrogens with two attached hydrogens (primary N) is 1. The summed E-state index contributed by atoms with van der Waals surface area (Å²) in [6.07, 6.45) is 4.29. The van der Waals surface area contributed by atoms with Crippen LogP contribution in [0.5, 0.6) is 0 Å². The molecule has 1 aromatic carbocycles. The summed E-state index contributed by atoms with van der Waals surface area (Å²) >= 11 is 0. The number of unbranched alkanes of at least 4 members (excludes halogenated alkanes) is 1. The van der Waals surface area contributed by atoms with E-state index >= 15 is 0 Å². The molecule has 114 valence electrons. The van der Waals surface area contributed by atoms with E-state index < -0.39 is 0 Å². The van der Waals surface area contributed by atoms with Gasteiger partial charge >= 0.3 is 0 Å². The number of benzene rings is 1. The lowest BCUT2D eigenvalue weighted by Gasteiger charge is -2.25. The van der Waals surface area contributed by atoms with Gasteiger partial charge in [0.25, 0.3) is 0 Å². The van der Waals surface area contributed by atoms with Crippen molar-refractivity contribution in [3.05, 3.63) is 35.6 Å². The van der Waals surface area contributed by atoms with E-state index in [0.717, 1.165) is 12.8 Å². The third-order valence-corrected chi connectivity index (χ3v) is 3.74. The van der Waals surface area contributed by atoms with Crippen LogP contribution in [0, 0.1) is 11.7 Å². The van der Waals surface area contributed by atoms with Crippen LogP contribution in [0.15, 0.2) is 24.3 Å². The van der Waals surface area contributed by atoms with E-state index in [1.807, 2.05) is 13.0 Å². The minimum Gasteiger partial charge on any atom is -0.372 e. The molecule has 1 aromatic rings. The van der Waals surface area contributed by atoms with Gasteiger partial charge in [-0.3, -0.25) is 0 Å². The first kappa shape index (κ1) is 17.1. The largest absolute Gasteiger partial charge is 0.372 e. The van der Waals surface area contributed by atoms with Crippen molar-refractivity contribution in [3.63, 3.8) is 0 Å². The molecule has 20 heavy (non-hydrogen) atoms. The summed E-state index contributed by atoms with van der Waals surface area (Å²) in [5.41, 5.74) is 6.54. The Morgan fingerprint density at radius 1 is 1.25 bits per heavy atom. The first-order chi connectivity index (χ1) is 9.60. The van der Waals surface area contributed by atoms with Crippen molar-refractivity contribution in [2.75, 3.05) is 6.61 Å². The molecular weight excluding hydrogens is 253 g/mol. The molecule has 2 nitrogen and oxygen atoms in total. The molecule has 0 amide bonds. The molecule has 3 heteroatoms. The first-order valence-corrected chi connectivity index (χ1v) is 7.71. The fourth-order valence-corrected chi connectivity index (χ4v) is 2.37. The SMILES string of the molecule is CCCCC(CC)COC(c1ccccc1F)C(C)N. The van der Waals surface area contributed by atoms with E-state index in [0.29, 0.717) is 18.1 Å². The Morgan fingerprint density at radius 3 is 2.50 bits per heavy atom. The molecule has 0 heterocycles. The maximum absolute atomic E-state index is 13.9. The normalized spacial score (nSPS) is 15.8. The Labute approximate surface area is 122 Å². The summed E-state index contributed by atoms with van der Waals surface area (Å²) in [5, 5.41) is 0. The highest BCUT2D eigenvalue weighted by molar-refractivity contribution is 5.21. The summed E-state index contributed by atoms with van der Waals surface area (Å²) in [6.45, 7) is 6.88. The molecule has 3 unspecified atom stereocenters. The van der Waals surface area contributed by atoms with Crippen LogP contribution >= 0.6 is 0 Å². The molecule has 0 aliphatic heterocycles. The van der Waals surface area contributed by atoms with Crippen molar-refractivity contribution in [2.45, 2.75) is 58.6 Å². The van der Waals surface area contributed by atoms with Crippen molar-refractivity contribution in [1.29, 1.82) is 0 Å². The molecule has 2 N–H and O–H groups in total. The third kappa shape index (κ3) is 5.22. The molecule has 1 rings (SSSR count). The minimum absolute atomic E-state index is 0.226. The Bertz CT molecular complexity index is 381. The molecule has 0 saturated heterocycles. The van der Waals surface area contributed by atoms with E-state index in [1.165, 1.54) is 18.9 Å². The van der Waals surface area contributed by atoms with Crippen molar-refractivity contribution in [2.24, 2.45) is 11.7 Å². The van der Waals surface area contributed by atoms with Gasteiger partial charge in [0.05, 0.1) is 6.61 Å². The lowest BCUT2D eigenvalue weighted by Crippen LogP contribution is -2.29. The Balaban J connectivity index is 2.66. The highest BCUT2D eigenvalue weighted by atomic mass is 19.1. The summed E-state index contributed by atoms with van der Waals surface area (Å²) in [4.78, 5) is 0. The first-order valence-electron chi connectivity index (χ1n) is 7.71. The predicted molar refractivity (Wildman–Crippen MR) is 82.0 cm³/mol. The maximum Gasteiger partial charge on any atom is 0.129 e. The van der Waals surface area contributed by atoms with Gasteiger partial charge in [-0.05, 0) is 25.3 Å². The number of halogens is 1. The molecule has 0 aromatic heterocycles. The zero-order valence-electron chi connectivity index (χ0n) is 12.9. The second-order valence-corrected chi connectivity index (χ2v) is 5.55. The molecule has 3 atom stereocenters. The topological polar surface area (TPSA) is 35.2 Å². The lowest BCUT2D eigenvalue weighted by molar-refractivity contribution is 0.0108. The van der Waals surface area contributed by atoms with Crippen LogP contribution < -0.4 is 5.73 Å². The van der Waals surface area contributed by atoms with E-state index in [9.17, 15) is 4.39 Å². The zero-order chi connectivity index (χ0) is 15.0. The number of rotatable bonds is 9. The van der Waals surface area contributed by atoms with Gasteiger partial charge < -0.3 is 10.5 Å². The summed E-state index contributed by atoms with van der Waals surface area (Å²) in [6, 6.07) is 6.51. The Morgan fingerprint density at radius 2 is 1.95 bits per heavy atom. The lowest BCUT2D eigenvalue weighted by atomic mass is 9.99. The second-order valence-electron chi connectivity index (χ2n) is 5.55. The summed E-state index contributed by atoms with van der Waals surface area (Å²) in [7, 11) is 0. The fraction of sp³-hybridized carbons (Fsp3) is 0.647. The quantitative estimate of drug-likeness (QED) is 0.726. The third-order valence-electron chi connectivity index (χ3n) is 3.74. The summed E-state index contributed by atoms with van der Waals surface area (Å²) in [5.74, 6) is 0.291. The predicted octanol–water partition coefficient (Wildman–Crippen LogP) is 4.45. The van der Waals surface area contributed by atoms with Crippen LogP contribution in [-0.2, 0) is 4.74 Å². The van der Waals surface area contributed by atoms with Gasteiger partial charge in [-0.25, -0.2) is 4.39 Å². The second kappa shape index (κ2) is 9.09. The molecular formula is C17H28FNO.